The third-order valence-corrected chi connectivity index (χ3v) is 3.48. The molecule has 1 aromatic carbocycles. The van der Waals surface area contributed by atoms with E-state index >= 15 is 0 Å². The zero-order chi connectivity index (χ0) is 13.1. The first-order chi connectivity index (χ1) is 9.36. The maximum Gasteiger partial charge on any atom is 0.284 e. The molecule has 1 N–H and O–H groups in total. The minimum atomic E-state index is 0.164. The van der Waals surface area contributed by atoms with Gasteiger partial charge in [-0.3, -0.25) is 0 Å². The van der Waals surface area contributed by atoms with Gasteiger partial charge < -0.3 is 13.9 Å². The number of aliphatic hydroxyl groups is 1. The number of aliphatic hydroxyl groups excluding tert-OH is 1. The number of hydrogen-bond donors (Lipinski definition) is 1. The van der Waals surface area contributed by atoms with Gasteiger partial charge in [-0.15, -0.1) is 10.2 Å². The lowest BCUT2D eigenvalue weighted by Crippen LogP contribution is -1.85. The highest BCUT2D eigenvalue weighted by atomic mass is 32.2. The lowest BCUT2D eigenvalue weighted by molar-refractivity contribution is 0.296. The van der Waals surface area contributed by atoms with E-state index in [0.717, 1.165) is 16.7 Å². The Balaban J connectivity index is 1.81. The van der Waals surface area contributed by atoms with E-state index in [0.29, 0.717) is 23.3 Å². The number of benzene rings is 1. The minimum Gasteiger partial charge on any atom is -0.451 e. The summed E-state index contributed by atoms with van der Waals surface area (Å²) in [5.74, 6) is 1.70. The predicted octanol–water partition coefficient (Wildman–Crippen LogP) is 2.96. The lowest BCUT2D eigenvalue weighted by atomic mass is 10.2. The van der Waals surface area contributed by atoms with Crippen molar-refractivity contribution in [3.63, 3.8) is 0 Å². The molecule has 0 saturated heterocycles. The fraction of sp³-hybridized carbons (Fsp3) is 0.231. The summed E-state index contributed by atoms with van der Waals surface area (Å²) in [6.07, 6.45) is 0.701. The molecule has 0 unspecified atom stereocenters. The minimum absolute atomic E-state index is 0.164. The summed E-state index contributed by atoms with van der Waals surface area (Å²) in [7, 11) is 0. The van der Waals surface area contributed by atoms with E-state index in [1.165, 1.54) is 11.8 Å². The van der Waals surface area contributed by atoms with Crippen LogP contribution in [0, 0.1) is 0 Å². The van der Waals surface area contributed by atoms with Crippen molar-refractivity contribution in [1.82, 2.24) is 10.2 Å². The van der Waals surface area contributed by atoms with Crippen molar-refractivity contribution in [2.24, 2.45) is 0 Å². The van der Waals surface area contributed by atoms with Crippen molar-refractivity contribution in [2.75, 3.05) is 12.4 Å². The molecule has 0 amide bonds. The van der Waals surface area contributed by atoms with Gasteiger partial charge in [0.05, 0.1) is 0 Å². The molecule has 0 saturated carbocycles. The van der Waals surface area contributed by atoms with Crippen LogP contribution in [-0.4, -0.2) is 27.7 Å². The van der Waals surface area contributed by atoms with Crippen LogP contribution in [0.5, 0.6) is 0 Å². The highest BCUT2D eigenvalue weighted by Gasteiger charge is 2.13. The quantitative estimate of drug-likeness (QED) is 0.570. The molecule has 2 aromatic heterocycles. The molecule has 0 atom stereocenters. The zero-order valence-electron chi connectivity index (χ0n) is 10.1. The van der Waals surface area contributed by atoms with Crippen molar-refractivity contribution in [1.29, 1.82) is 0 Å². The molecule has 0 aliphatic heterocycles. The first-order valence-corrected chi connectivity index (χ1v) is 6.91. The molecule has 0 fully saturated rings. The summed E-state index contributed by atoms with van der Waals surface area (Å²) in [5, 5.41) is 18.1. The van der Waals surface area contributed by atoms with Crippen LogP contribution in [-0.2, 0) is 0 Å². The van der Waals surface area contributed by atoms with Crippen LogP contribution in [0.4, 0.5) is 0 Å². The number of fused-ring (bicyclic) bond motifs is 1. The second-order valence-electron chi connectivity index (χ2n) is 3.95. The van der Waals surface area contributed by atoms with Crippen LogP contribution < -0.4 is 0 Å². The molecule has 0 radical (unpaired) electrons. The van der Waals surface area contributed by atoms with Crippen molar-refractivity contribution in [3.05, 3.63) is 30.3 Å². The molecule has 3 aromatic rings. The third-order valence-electron chi connectivity index (χ3n) is 2.57. The van der Waals surface area contributed by atoms with Crippen molar-refractivity contribution >= 4 is 22.7 Å². The Hall–Kier alpha value is -1.79. The van der Waals surface area contributed by atoms with Crippen LogP contribution in [0.2, 0.25) is 0 Å². The number of nitrogens with zero attached hydrogens (tertiary/aromatic N) is 2. The van der Waals surface area contributed by atoms with Crippen LogP contribution in [0.25, 0.3) is 22.6 Å². The van der Waals surface area contributed by atoms with Gasteiger partial charge >= 0.3 is 0 Å². The molecule has 0 bridgehead atoms. The highest BCUT2D eigenvalue weighted by molar-refractivity contribution is 7.99. The van der Waals surface area contributed by atoms with E-state index in [9.17, 15) is 0 Å². The molecule has 3 rings (SSSR count). The summed E-state index contributed by atoms with van der Waals surface area (Å²) >= 11 is 1.43. The SMILES string of the molecule is OCCCSc1nnc(-c2cc3ccccc3o2)o1. The standard InChI is InChI=1S/C13H12N2O3S/c16-6-3-7-19-13-15-14-12(18-13)11-8-9-4-1-2-5-10(9)17-11/h1-2,4-5,8,16H,3,6-7H2. The van der Waals surface area contributed by atoms with Crippen LogP contribution in [0.1, 0.15) is 6.42 Å². The van der Waals surface area contributed by atoms with Crippen molar-refractivity contribution < 1.29 is 13.9 Å². The van der Waals surface area contributed by atoms with Gasteiger partial charge in [0.2, 0.25) is 0 Å². The fourth-order valence-electron chi connectivity index (χ4n) is 1.68. The Bertz CT molecular complexity index is 644. The van der Waals surface area contributed by atoms with E-state index in [1.807, 2.05) is 30.3 Å². The van der Waals surface area contributed by atoms with E-state index in [2.05, 4.69) is 10.2 Å². The smallest absolute Gasteiger partial charge is 0.284 e. The molecule has 2 heterocycles. The van der Waals surface area contributed by atoms with Gasteiger partial charge in [0, 0.05) is 17.7 Å². The zero-order valence-corrected chi connectivity index (χ0v) is 10.9. The maximum absolute atomic E-state index is 8.71. The number of furan rings is 1. The molecule has 0 spiro atoms. The van der Waals surface area contributed by atoms with Gasteiger partial charge in [0.15, 0.2) is 5.76 Å². The monoisotopic (exact) mass is 276 g/mol. The summed E-state index contributed by atoms with van der Waals surface area (Å²) in [6, 6.07) is 9.61. The Morgan fingerprint density at radius 1 is 1.16 bits per heavy atom. The van der Waals surface area contributed by atoms with Gasteiger partial charge in [-0.2, -0.15) is 0 Å². The maximum atomic E-state index is 8.71. The number of rotatable bonds is 5. The summed E-state index contributed by atoms with van der Waals surface area (Å²) in [4.78, 5) is 0. The Kier molecular flexibility index (Phi) is 3.52. The Labute approximate surface area is 113 Å². The van der Waals surface area contributed by atoms with Crippen molar-refractivity contribution in [2.45, 2.75) is 11.6 Å². The number of hydrogen-bond acceptors (Lipinski definition) is 6. The Morgan fingerprint density at radius 3 is 2.89 bits per heavy atom. The molecule has 0 aliphatic rings. The first kappa shape index (κ1) is 12.3. The summed E-state index contributed by atoms with van der Waals surface area (Å²) in [5.41, 5.74) is 0.796. The number of thioether (sulfide) groups is 1. The summed E-state index contributed by atoms with van der Waals surface area (Å²) in [6.45, 7) is 0.164. The topological polar surface area (TPSA) is 72.3 Å². The normalized spacial score (nSPS) is 11.2. The molecular formula is C13H12N2O3S. The second kappa shape index (κ2) is 5.46. The van der Waals surface area contributed by atoms with E-state index in [1.54, 1.807) is 0 Å². The lowest BCUT2D eigenvalue weighted by Gasteiger charge is -1.91. The second-order valence-corrected chi connectivity index (χ2v) is 4.99. The van der Waals surface area contributed by atoms with Crippen LogP contribution in [0.3, 0.4) is 0 Å². The van der Waals surface area contributed by atoms with Crippen molar-refractivity contribution in [3.8, 4) is 11.7 Å². The number of para-hydroxylation sites is 1. The fourth-order valence-corrected chi connectivity index (χ4v) is 2.36. The first-order valence-electron chi connectivity index (χ1n) is 5.93. The predicted molar refractivity (Wildman–Crippen MR) is 71.9 cm³/mol. The van der Waals surface area contributed by atoms with E-state index < -0.39 is 0 Å². The molecule has 5 nitrogen and oxygen atoms in total. The van der Waals surface area contributed by atoms with Gasteiger partial charge in [0.25, 0.3) is 11.1 Å². The van der Waals surface area contributed by atoms with Crippen LogP contribution in [0.15, 0.2) is 44.4 Å². The largest absolute Gasteiger partial charge is 0.451 e. The van der Waals surface area contributed by atoms with E-state index in [4.69, 9.17) is 13.9 Å². The van der Waals surface area contributed by atoms with Gasteiger partial charge in [0.1, 0.15) is 5.58 Å². The molecular weight excluding hydrogens is 264 g/mol. The molecule has 6 heteroatoms. The highest BCUT2D eigenvalue weighted by Crippen LogP contribution is 2.28. The Morgan fingerprint density at radius 2 is 2.05 bits per heavy atom. The molecule has 19 heavy (non-hydrogen) atoms. The van der Waals surface area contributed by atoms with Gasteiger partial charge in [-0.1, -0.05) is 30.0 Å². The molecule has 0 aliphatic carbocycles. The average molecular weight is 276 g/mol. The van der Waals surface area contributed by atoms with Crippen LogP contribution >= 0.6 is 11.8 Å². The van der Waals surface area contributed by atoms with Gasteiger partial charge in [-0.05, 0) is 18.6 Å². The molecule has 98 valence electrons. The number of aromatic nitrogens is 2. The third kappa shape index (κ3) is 2.64. The average Bonchev–Trinajstić information content (AvgIpc) is 3.04. The van der Waals surface area contributed by atoms with Gasteiger partial charge in [-0.25, -0.2) is 0 Å². The van der Waals surface area contributed by atoms with E-state index in [-0.39, 0.29) is 6.61 Å². The summed E-state index contributed by atoms with van der Waals surface area (Å²) < 4.78 is 11.2.